The number of rotatable bonds is 2. The second kappa shape index (κ2) is 6.62. The third kappa shape index (κ3) is 3.06. The van der Waals surface area contributed by atoms with Gasteiger partial charge >= 0.3 is 0 Å². The summed E-state index contributed by atoms with van der Waals surface area (Å²) >= 11 is 9.63. The lowest BCUT2D eigenvalue weighted by molar-refractivity contribution is 0.651. The number of benzene rings is 2. The van der Waals surface area contributed by atoms with Gasteiger partial charge in [-0.1, -0.05) is 40.3 Å². The Bertz CT molecular complexity index is 1140. The van der Waals surface area contributed by atoms with Gasteiger partial charge in [-0.25, -0.2) is 9.97 Å². The third-order valence-corrected chi connectivity index (χ3v) is 7.63. The molecule has 0 bridgehead atoms. The first-order chi connectivity index (χ1) is 13.1. The smallest absolute Gasteiger partial charge is 0.186 e. The van der Waals surface area contributed by atoms with Crippen molar-refractivity contribution in [3.05, 3.63) is 46.5 Å². The van der Waals surface area contributed by atoms with Crippen LogP contribution in [0.2, 0.25) is 5.02 Å². The Morgan fingerprint density at radius 2 is 1.52 bits per heavy atom. The minimum absolute atomic E-state index is 0.767. The van der Waals surface area contributed by atoms with Crippen molar-refractivity contribution >= 4 is 65.0 Å². The molecule has 3 heterocycles. The molecule has 0 amide bonds. The van der Waals surface area contributed by atoms with Crippen molar-refractivity contribution < 1.29 is 0 Å². The van der Waals surface area contributed by atoms with Crippen molar-refractivity contribution in [3.8, 4) is 0 Å². The largest absolute Gasteiger partial charge is 0.345 e. The molecule has 1 aliphatic heterocycles. The number of hydrogen-bond acceptors (Lipinski definition) is 6. The van der Waals surface area contributed by atoms with E-state index in [0.717, 1.165) is 57.2 Å². The first-order valence-electron chi connectivity index (χ1n) is 9.01. The van der Waals surface area contributed by atoms with Crippen LogP contribution in [0.3, 0.4) is 0 Å². The topological polar surface area (TPSA) is 32.3 Å². The molecular weight excluding hydrogens is 396 g/mol. The normalized spacial score (nSPS) is 15.2. The lowest BCUT2D eigenvalue weighted by atomic mass is 10.1. The van der Waals surface area contributed by atoms with Crippen molar-refractivity contribution in [1.82, 2.24) is 9.97 Å². The lowest BCUT2D eigenvalue weighted by Crippen LogP contribution is -2.46. The number of nitrogens with zero attached hydrogens (tertiary/aromatic N) is 4. The summed E-state index contributed by atoms with van der Waals surface area (Å²) in [5.74, 6) is 0. The van der Waals surface area contributed by atoms with Gasteiger partial charge in [0, 0.05) is 31.2 Å². The molecule has 27 heavy (non-hydrogen) atoms. The van der Waals surface area contributed by atoms with Crippen LogP contribution in [0, 0.1) is 13.8 Å². The van der Waals surface area contributed by atoms with Crippen molar-refractivity contribution in [2.75, 3.05) is 36.0 Å². The molecule has 0 unspecified atom stereocenters. The quantitative estimate of drug-likeness (QED) is 0.433. The molecule has 0 aliphatic carbocycles. The van der Waals surface area contributed by atoms with E-state index in [9.17, 15) is 0 Å². The Morgan fingerprint density at radius 1 is 0.852 bits per heavy atom. The van der Waals surface area contributed by atoms with E-state index in [1.54, 1.807) is 22.7 Å². The second-order valence-electron chi connectivity index (χ2n) is 6.93. The zero-order valence-electron chi connectivity index (χ0n) is 15.2. The molecule has 2 aromatic carbocycles. The highest BCUT2D eigenvalue weighted by atomic mass is 35.5. The van der Waals surface area contributed by atoms with E-state index in [0.29, 0.717) is 0 Å². The number of aryl methyl sites for hydroxylation is 2. The summed E-state index contributed by atoms with van der Waals surface area (Å²) in [6, 6.07) is 10.3. The molecule has 2 aromatic heterocycles. The fraction of sp³-hybridized carbons (Fsp3) is 0.300. The molecule has 0 spiro atoms. The van der Waals surface area contributed by atoms with Crippen LogP contribution in [0.5, 0.6) is 0 Å². The van der Waals surface area contributed by atoms with Gasteiger partial charge in [-0.15, -0.1) is 0 Å². The predicted octanol–water partition coefficient (Wildman–Crippen LogP) is 5.50. The number of anilines is 2. The predicted molar refractivity (Wildman–Crippen MR) is 118 cm³/mol. The maximum atomic E-state index is 6.11. The van der Waals surface area contributed by atoms with Crippen molar-refractivity contribution in [1.29, 1.82) is 0 Å². The second-order valence-corrected chi connectivity index (χ2v) is 9.39. The number of hydrogen-bond donors (Lipinski definition) is 0. The van der Waals surface area contributed by atoms with E-state index in [2.05, 4.69) is 35.8 Å². The van der Waals surface area contributed by atoms with Crippen LogP contribution < -0.4 is 9.80 Å². The first-order valence-corrected chi connectivity index (χ1v) is 11.0. The molecule has 0 saturated carbocycles. The molecule has 0 atom stereocenters. The molecule has 4 nitrogen and oxygen atoms in total. The van der Waals surface area contributed by atoms with Gasteiger partial charge in [-0.2, -0.15) is 0 Å². The van der Waals surface area contributed by atoms with Gasteiger partial charge in [0.15, 0.2) is 10.3 Å². The highest BCUT2D eigenvalue weighted by Crippen LogP contribution is 2.34. The Hall–Kier alpha value is -1.89. The van der Waals surface area contributed by atoms with E-state index in [4.69, 9.17) is 21.6 Å². The molecule has 1 fully saturated rings. The zero-order valence-corrected chi connectivity index (χ0v) is 17.6. The van der Waals surface area contributed by atoms with Crippen LogP contribution in [0.4, 0.5) is 10.3 Å². The summed E-state index contributed by atoms with van der Waals surface area (Å²) in [6.45, 7) is 8.17. The molecule has 0 N–H and O–H groups in total. The van der Waals surface area contributed by atoms with Crippen LogP contribution in [0.25, 0.3) is 20.4 Å². The summed E-state index contributed by atoms with van der Waals surface area (Å²) in [5, 5.41) is 2.99. The van der Waals surface area contributed by atoms with Crippen molar-refractivity contribution in [2.45, 2.75) is 13.8 Å². The fourth-order valence-electron chi connectivity index (χ4n) is 3.46. The molecule has 0 radical (unpaired) electrons. The van der Waals surface area contributed by atoms with Crippen molar-refractivity contribution in [2.24, 2.45) is 0 Å². The molecule has 1 saturated heterocycles. The molecule has 138 valence electrons. The van der Waals surface area contributed by atoms with Crippen LogP contribution >= 0.6 is 34.3 Å². The minimum Gasteiger partial charge on any atom is -0.345 e. The Kier molecular flexibility index (Phi) is 4.22. The maximum absolute atomic E-state index is 6.11. The summed E-state index contributed by atoms with van der Waals surface area (Å²) in [6.07, 6.45) is 0. The maximum Gasteiger partial charge on any atom is 0.186 e. The average molecular weight is 415 g/mol. The number of fused-ring (bicyclic) bond motifs is 2. The van der Waals surface area contributed by atoms with Gasteiger partial charge in [-0.05, 0) is 49.2 Å². The lowest BCUT2D eigenvalue weighted by Gasteiger charge is -2.34. The standard InChI is InChI=1S/C20H19ClN4S2/c1-12-3-6-16-18(13(12)2)23-20(26-16)25-9-7-24(8-10-25)19-22-15-5-4-14(21)11-17(15)27-19/h3-6,11H,7-10H2,1-2H3. The minimum atomic E-state index is 0.767. The zero-order chi connectivity index (χ0) is 18.5. The number of piperazine rings is 1. The SMILES string of the molecule is Cc1ccc2sc(N3CCN(c4nc5ccc(Cl)cc5s4)CC3)nc2c1C. The molecule has 1 aliphatic rings. The van der Waals surface area contributed by atoms with Gasteiger partial charge in [0.1, 0.15) is 0 Å². The van der Waals surface area contributed by atoms with Crippen LogP contribution in [-0.2, 0) is 0 Å². The van der Waals surface area contributed by atoms with Crippen LogP contribution in [0.15, 0.2) is 30.3 Å². The van der Waals surface area contributed by atoms with E-state index >= 15 is 0 Å². The average Bonchev–Trinajstić information content (AvgIpc) is 3.29. The molecule has 5 rings (SSSR count). The van der Waals surface area contributed by atoms with Crippen molar-refractivity contribution in [3.63, 3.8) is 0 Å². The van der Waals surface area contributed by atoms with Gasteiger partial charge in [0.2, 0.25) is 0 Å². The van der Waals surface area contributed by atoms with Gasteiger partial charge in [0.25, 0.3) is 0 Å². The van der Waals surface area contributed by atoms with Crippen LogP contribution in [-0.4, -0.2) is 36.1 Å². The molecule has 7 heteroatoms. The van der Waals surface area contributed by atoms with E-state index < -0.39 is 0 Å². The Labute approximate surface area is 171 Å². The number of thiazole rings is 2. The summed E-state index contributed by atoms with van der Waals surface area (Å²) < 4.78 is 2.43. The number of aromatic nitrogens is 2. The highest BCUT2D eigenvalue weighted by molar-refractivity contribution is 7.22. The number of halogens is 1. The Balaban J connectivity index is 1.35. The summed E-state index contributed by atoms with van der Waals surface area (Å²) in [7, 11) is 0. The monoisotopic (exact) mass is 414 g/mol. The molecular formula is C20H19ClN4S2. The molecule has 4 aromatic rings. The van der Waals surface area contributed by atoms with Crippen LogP contribution in [0.1, 0.15) is 11.1 Å². The van der Waals surface area contributed by atoms with Gasteiger partial charge in [-0.3, -0.25) is 0 Å². The van der Waals surface area contributed by atoms with Gasteiger partial charge < -0.3 is 9.80 Å². The van der Waals surface area contributed by atoms with E-state index in [1.165, 1.54) is 15.8 Å². The van der Waals surface area contributed by atoms with E-state index in [-0.39, 0.29) is 0 Å². The Morgan fingerprint density at radius 3 is 2.26 bits per heavy atom. The first kappa shape index (κ1) is 17.2. The van der Waals surface area contributed by atoms with E-state index in [1.807, 2.05) is 18.2 Å². The fourth-order valence-corrected chi connectivity index (χ4v) is 5.83. The summed E-state index contributed by atoms with van der Waals surface area (Å²) in [5.41, 5.74) is 4.78. The summed E-state index contributed by atoms with van der Waals surface area (Å²) in [4.78, 5) is 14.5. The van der Waals surface area contributed by atoms with Gasteiger partial charge in [0.05, 0.1) is 20.4 Å². The third-order valence-electron chi connectivity index (χ3n) is 5.23. The highest BCUT2D eigenvalue weighted by Gasteiger charge is 2.22.